The second kappa shape index (κ2) is 6.95. The van der Waals surface area contributed by atoms with Crippen LogP contribution in [0.5, 0.6) is 0 Å². The molecule has 0 amide bonds. The van der Waals surface area contributed by atoms with Gasteiger partial charge in [0.05, 0.1) is 17.0 Å². The number of thiophene rings is 1. The molecule has 0 bridgehead atoms. The predicted octanol–water partition coefficient (Wildman–Crippen LogP) is 4.65. The molecule has 1 N–H and O–H groups in total. The van der Waals surface area contributed by atoms with E-state index in [1.54, 1.807) is 16.0 Å². The smallest absolute Gasteiger partial charge is 0.181 e. The molecule has 7 nitrogen and oxygen atoms in total. The van der Waals surface area contributed by atoms with E-state index in [9.17, 15) is 5.11 Å². The lowest BCUT2D eigenvalue weighted by molar-refractivity contribution is -0.0368. The summed E-state index contributed by atoms with van der Waals surface area (Å²) in [5, 5.41) is 22.1. The van der Waals surface area contributed by atoms with Gasteiger partial charge in [0.2, 0.25) is 0 Å². The lowest BCUT2D eigenvalue weighted by atomic mass is 9.73. The second-order valence-corrected chi connectivity index (χ2v) is 9.97. The van der Waals surface area contributed by atoms with E-state index < -0.39 is 5.60 Å². The van der Waals surface area contributed by atoms with Gasteiger partial charge in [-0.2, -0.15) is 10.2 Å². The summed E-state index contributed by atoms with van der Waals surface area (Å²) >= 11 is 1.59. The number of fused-ring (bicyclic) bond motifs is 2. The fraction of sp³-hybridized carbons (Fsp3) is 0.333. The number of hydrogen-bond acceptors (Lipinski definition) is 6. The Labute approximate surface area is 189 Å². The topological polar surface area (TPSA) is 81.7 Å². The minimum atomic E-state index is -0.830. The molecule has 0 spiro atoms. The summed E-state index contributed by atoms with van der Waals surface area (Å²) < 4.78 is 3.65. The maximum atomic E-state index is 11.3. The van der Waals surface area contributed by atoms with Crippen LogP contribution in [0, 0.1) is 5.92 Å². The zero-order valence-corrected chi connectivity index (χ0v) is 19.1. The zero-order valence-electron chi connectivity index (χ0n) is 18.3. The standard InChI is InChI=1S/C24H24N6OS/c1-24(31,16-5-4-6-16)21-11-18-17(20-7-8-26-30(20)3)10-19(27-23(18)32-21)14-9-15-13-29(2)28-22(15)25-12-14/h7-13,16,31H,4-6H2,1-3H3/t24-/m1/s1. The Bertz CT molecular complexity index is 1470. The van der Waals surface area contributed by atoms with E-state index in [1.165, 1.54) is 6.42 Å². The Kier molecular flexibility index (Phi) is 4.25. The summed E-state index contributed by atoms with van der Waals surface area (Å²) in [6.07, 6.45) is 8.94. The highest BCUT2D eigenvalue weighted by atomic mass is 32.1. The molecule has 1 aliphatic rings. The molecule has 162 valence electrons. The molecular formula is C24H24N6OS. The molecule has 5 aromatic rings. The summed E-state index contributed by atoms with van der Waals surface area (Å²) in [4.78, 5) is 11.4. The predicted molar refractivity (Wildman–Crippen MR) is 126 cm³/mol. The maximum Gasteiger partial charge on any atom is 0.181 e. The van der Waals surface area contributed by atoms with Crippen LogP contribution in [0.2, 0.25) is 0 Å². The Morgan fingerprint density at radius 2 is 2.03 bits per heavy atom. The summed E-state index contributed by atoms with van der Waals surface area (Å²) in [7, 11) is 3.84. The third kappa shape index (κ3) is 2.97. The first-order chi connectivity index (χ1) is 15.4. The van der Waals surface area contributed by atoms with Crippen molar-refractivity contribution in [1.29, 1.82) is 0 Å². The van der Waals surface area contributed by atoms with E-state index >= 15 is 0 Å². The van der Waals surface area contributed by atoms with Crippen molar-refractivity contribution in [2.75, 3.05) is 0 Å². The van der Waals surface area contributed by atoms with E-state index in [-0.39, 0.29) is 0 Å². The molecule has 0 radical (unpaired) electrons. The first kappa shape index (κ1) is 19.6. The summed E-state index contributed by atoms with van der Waals surface area (Å²) in [5.74, 6) is 0.312. The highest BCUT2D eigenvalue weighted by Crippen LogP contribution is 2.47. The van der Waals surface area contributed by atoms with Crippen LogP contribution in [0.25, 0.3) is 43.8 Å². The molecule has 0 unspecified atom stereocenters. The number of aliphatic hydroxyl groups is 1. The van der Waals surface area contributed by atoms with E-state index in [0.29, 0.717) is 5.92 Å². The minimum Gasteiger partial charge on any atom is -0.384 e. The van der Waals surface area contributed by atoms with Gasteiger partial charge >= 0.3 is 0 Å². The first-order valence-electron chi connectivity index (χ1n) is 10.9. The van der Waals surface area contributed by atoms with E-state index in [0.717, 1.165) is 61.5 Å². The van der Waals surface area contributed by atoms with Gasteiger partial charge in [-0.05, 0) is 49.9 Å². The molecule has 1 saturated carbocycles. The van der Waals surface area contributed by atoms with Crippen LogP contribution in [0.3, 0.4) is 0 Å². The van der Waals surface area contributed by atoms with Crippen LogP contribution in [-0.4, -0.2) is 34.6 Å². The largest absolute Gasteiger partial charge is 0.384 e. The average molecular weight is 445 g/mol. The lowest BCUT2D eigenvalue weighted by Crippen LogP contribution is -2.35. The van der Waals surface area contributed by atoms with Gasteiger partial charge < -0.3 is 5.11 Å². The number of aryl methyl sites for hydroxylation is 2. The average Bonchev–Trinajstić information content (AvgIpc) is 3.41. The third-order valence-corrected chi connectivity index (χ3v) is 8.03. The fourth-order valence-corrected chi connectivity index (χ4v) is 5.79. The highest BCUT2D eigenvalue weighted by Gasteiger charge is 2.39. The number of hydrogen-bond donors (Lipinski definition) is 1. The van der Waals surface area contributed by atoms with Gasteiger partial charge in [-0.15, -0.1) is 11.3 Å². The van der Waals surface area contributed by atoms with E-state index in [4.69, 9.17) is 4.98 Å². The molecule has 1 fully saturated rings. The molecule has 8 heteroatoms. The molecule has 1 atom stereocenters. The lowest BCUT2D eigenvalue weighted by Gasteiger charge is -2.38. The molecule has 32 heavy (non-hydrogen) atoms. The molecule has 0 saturated heterocycles. The van der Waals surface area contributed by atoms with Crippen LogP contribution >= 0.6 is 11.3 Å². The minimum absolute atomic E-state index is 0.312. The van der Waals surface area contributed by atoms with Gasteiger partial charge in [-0.3, -0.25) is 9.36 Å². The van der Waals surface area contributed by atoms with Crippen molar-refractivity contribution >= 4 is 32.6 Å². The van der Waals surface area contributed by atoms with Crippen LogP contribution in [0.15, 0.2) is 42.9 Å². The molecule has 5 aromatic heterocycles. The quantitative estimate of drug-likeness (QED) is 0.436. The highest BCUT2D eigenvalue weighted by molar-refractivity contribution is 7.18. The van der Waals surface area contributed by atoms with Crippen molar-refractivity contribution in [3.8, 4) is 22.5 Å². The number of pyridine rings is 2. The number of aromatic nitrogens is 6. The van der Waals surface area contributed by atoms with Crippen molar-refractivity contribution in [2.45, 2.75) is 31.8 Å². The summed E-state index contributed by atoms with van der Waals surface area (Å²) in [6, 6.07) is 8.32. The van der Waals surface area contributed by atoms with Crippen molar-refractivity contribution < 1.29 is 5.11 Å². The Morgan fingerprint density at radius 3 is 2.75 bits per heavy atom. The molecule has 0 aliphatic heterocycles. The SMILES string of the molecule is Cn1cc2cc(-c3cc(-c4ccnn4C)c4cc([C@](C)(O)C5CCC5)sc4n3)cnc2n1. The second-order valence-electron chi connectivity index (χ2n) is 8.94. The van der Waals surface area contributed by atoms with Crippen molar-refractivity contribution in [3.05, 3.63) is 47.7 Å². The van der Waals surface area contributed by atoms with Gasteiger partial charge in [-0.1, -0.05) is 6.42 Å². The molecular weight excluding hydrogens is 420 g/mol. The summed E-state index contributed by atoms with van der Waals surface area (Å²) in [5.41, 5.74) is 3.76. The first-order valence-corrected chi connectivity index (χ1v) is 11.7. The molecule has 0 aromatic carbocycles. The monoisotopic (exact) mass is 444 g/mol. The van der Waals surface area contributed by atoms with Crippen LogP contribution < -0.4 is 0 Å². The van der Waals surface area contributed by atoms with Gasteiger partial charge in [0, 0.05) is 59.5 Å². The zero-order chi connectivity index (χ0) is 22.0. The Balaban J connectivity index is 1.57. The maximum absolute atomic E-state index is 11.3. The summed E-state index contributed by atoms with van der Waals surface area (Å²) in [6.45, 7) is 1.95. The molecule has 6 rings (SSSR count). The van der Waals surface area contributed by atoms with Crippen LogP contribution in [0.1, 0.15) is 31.1 Å². The molecule has 5 heterocycles. The third-order valence-electron chi connectivity index (χ3n) is 6.77. The van der Waals surface area contributed by atoms with Gasteiger partial charge in [0.1, 0.15) is 4.83 Å². The van der Waals surface area contributed by atoms with Gasteiger partial charge in [-0.25, -0.2) is 9.97 Å². The number of nitrogens with zero attached hydrogens (tertiary/aromatic N) is 6. The van der Waals surface area contributed by atoms with Crippen molar-refractivity contribution in [2.24, 2.45) is 20.0 Å². The number of rotatable bonds is 4. The van der Waals surface area contributed by atoms with E-state index in [2.05, 4.69) is 33.4 Å². The molecule has 1 aliphatic carbocycles. The van der Waals surface area contributed by atoms with Gasteiger partial charge in [0.15, 0.2) is 5.65 Å². The Morgan fingerprint density at radius 1 is 1.19 bits per heavy atom. The van der Waals surface area contributed by atoms with Crippen LogP contribution in [0.4, 0.5) is 0 Å². The fourth-order valence-electron chi connectivity index (χ4n) is 4.61. The van der Waals surface area contributed by atoms with E-state index in [1.807, 2.05) is 50.4 Å². The van der Waals surface area contributed by atoms with Crippen molar-refractivity contribution in [3.63, 3.8) is 0 Å². The van der Waals surface area contributed by atoms with Crippen LogP contribution in [-0.2, 0) is 19.7 Å². The Hall–Kier alpha value is -3.10. The normalized spacial score (nSPS) is 16.5. The van der Waals surface area contributed by atoms with Gasteiger partial charge in [0.25, 0.3) is 0 Å². The van der Waals surface area contributed by atoms with Crippen molar-refractivity contribution in [1.82, 2.24) is 29.5 Å².